The Balaban J connectivity index is 1.87. The topological polar surface area (TPSA) is 76.0 Å². The molecule has 2 bridgehead atoms. The molecule has 0 spiro atoms. The van der Waals surface area contributed by atoms with Gasteiger partial charge in [0.05, 0.1) is 23.4 Å². The highest BCUT2D eigenvalue weighted by atomic mass is 16.6. The molecule has 5 nitrogen and oxygen atoms in total. The van der Waals surface area contributed by atoms with Gasteiger partial charge in [-0.2, -0.15) is 0 Å². The second-order valence-corrected chi connectivity index (χ2v) is 8.90. The first-order valence-corrected chi connectivity index (χ1v) is 9.61. The van der Waals surface area contributed by atoms with Crippen molar-refractivity contribution in [2.45, 2.75) is 95.2 Å². The van der Waals surface area contributed by atoms with E-state index in [4.69, 9.17) is 9.47 Å². The number of carbonyl (C=O) groups is 1. The predicted octanol–water partition coefficient (Wildman–Crippen LogP) is 2.73. The molecule has 1 unspecified atom stereocenters. The maximum atomic E-state index is 12.0. The molecule has 0 aliphatic carbocycles. The number of ether oxygens (including phenoxy) is 2. The zero-order chi connectivity index (χ0) is 18.4. The van der Waals surface area contributed by atoms with Crippen LogP contribution in [-0.4, -0.2) is 45.7 Å². The van der Waals surface area contributed by atoms with Crippen molar-refractivity contribution < 1.29 is 24.5 Å². The van der Waals surface area contributed by atoms with Gasteiger partial charge in [0.15, 0.2) is 0 Å². The van der Waals surface area contributed by atoms with E-state index < -0.39 is 11.2 Å². The smallest absolute Gasteiger partial charge is 0.334 e. The first-order chi connectivity index (χ1) is 11.6. The molecule has 0 saturated carbocycles. The molecule has 0 aromatic rings. The van der Waals surface area contributed by atoms with Gasteiger partial charge in [-0.05, 0) is 58.3 Å². The normalized spacial score (nSPS) is 48.9. The van der Waals surface area contributed by atoms with Crippen LogP contribution in [0.5, 0.6) is 0 Å². The maximum Gasteiger partial charge on any atom is 0.334 e. The summed E-state index contributed by atoms with van der Waals surface area (Å²) in [6.07, 6.45) is 4.18. The quantitative estimate of drug-likeness (QED) is 0.518. The minimum atomic E-state index is -0.996. The summed E-state index contributed by atoms with van der Waals surface area (Å²) in [6.45, 7) is 9.72. The Morgan fingerprint density at radius 2 is 1.80 bits per heavy atom. The third kappa shape index (κ3) is 3.79. The summed E-state index contributed by atoms with van der Waals surface area (Å²) in [5.41, 5.74) is -1.17. The van der Waals surface area contributed by atoms with Gasteiger partial charge in [-0.25, -0.2) is 4.79 Å². The minimum absolute atomic E-state index is 0.0729. The highest BCUT2D eigenvalue weighted by Gasteiger charge is 2.53. The zero-order valence-corrected chi connectivity index (χ0v) is 15.7. The number of hydrogen-bond donors (Lipinski definition) is 2. The number of carbonyl (C=O) groups excluding carboxylic acids is 1. The fourth-order valence-corrected chi connectivity index (χ4v) is 4.70. The van der Waals surface area contributed by atoms with E-state index in [1.165, 1.54) is 0 Å². The van der Waals surface area contributed by atoms with E-state index in [-0.39, 0.29) is 36.1 Å². The molecule has 3 saturated heterocycles. The third-order valence-corrected chi connectivity index (χ3v) is 6.49. The Morgan fingerprint density at radius 1 is 1.12 bits per heavy atom. The maximum absolute atomic E-state index is 12.0. The van der Waals surface area contributed by atoms with E-state index >= 15 is 0 Å². The van der Waals surface area contributed by atoms with Crippen molar-refractivity contribution >= 4 is 5.97 Å². The van der Waals surface area contributed by atoms with Gasteiger partial charge >= 0.3 is 5.97 Å². The van der Waals surface area contributed by atoms with Crippen molar-refractivity contribution in [3.63, 3.8) is 0 Å². The second-order valence-electron chi connectivity index (χ2n) is 8.90. The van der Waals surface area contributed by atoms with Crippen LogP contribution in [0.15, 0.2) is 12.2 Å². The molecule has 3 aliphatic rings. The average molecular weight is 352 g/mol. The first-order valence-electron chi connectivity index (χ1n) is 9.61. The van der Waals surface area contributed by atoms with Crippen LogP contribution in [0.2, 0.25) is 0 Å². The molecule has 0 amide bonds. The summed E-state index contributed by atoms with van der Waals surface area (Å²) < 4.78 is 11.9. The molecule has 5 heteroatoms. The summed E-state index contributed by atoms with van der Waals surface area (Å²) in [5.74, 6) is -0.223. The van der Waals surface area contributed by atoms with Crippen LogP contribution in [0.1, 0.15) is 65.7 Å². The molecule has 142 valence electrons. The van der Waals surface area contributed by atoms with Crippen LogP contribution >= 0.6 is 0 Å². The number of fused-ring (bicyclic) bond motifs is 4. The molecule has 0 radical (unpaired) electrons. The minimum Gasteiger partial charge on any atom is -0.456 e. The van der Waals surface area contributed by atoms with E-state index in [0.717, 1.165) is 25.7 Å². The lowest BCUT2D eigenvalue weighted by Gasteiger charge is -2.45. The van der Waals surface area contributed by atoms with Crippen LogP contribution in [0, 0.1) is 11.8 Å². The molecule has 2 N–H and O–H groups in total. The lowest BCUT2D eigenvalue weighted by Crippen LogP contribution is -2.54. The van der Waals surface area contributed by atoms with Gasteiger partial charge in [0.2, 0.25) is 0 Å². The second kappa shape index (κ2) is 6.67. The van der Waals surface area contributed by atoms with Crippen molar-refractivity contribution in [3.8, 4) is 0 Å². The van der Waals surface area contributed by atoms with E-state index in [1.54, 1.807) is 6.92 Å². The Bertz CT molecular complexity index is 538. The summed E-state index contributed by atoms with van der Waals surface area (Å²) in [4.78, 5) is 12.0. The van der Waals surface area contributed by atoms with Crippen molar-refractivity contribution in [1.82, 2.24) is 0 Å². The van der Waals surface area contributed by atoms with Crippen LogP contribution < -0.4 is 0 Å². The lowest BCUT2D eigenvalue weighted by molar-refractivity contribution is -0.209. The zero-order valence-electron chi connectivity index (χ0n) is 15.7. The predicted molar refractivity (Wildman–Crippen MR) is 93.9 cm³/mol. The van der Waals surface area contributed by atoms with Gasteiger partial charge in [0, 0.05) is 11.5 Å². The number of aliphatic hydroxyl groups is 2. The van der Waals surface area contributed by atoms with Gasteiger partial charge < -0.3 is 19.7 Å². The Hall–Kier alpha value is -0.910. The first kappa shape index (κ1) is 18.9. The fourth-order valence-electron chi connectivity index (χ4n) is 4.70. The van der Waals surface area contributed by atoms with Crippen molar-refractivity contribution in [1.29, 1.82) is 0 Å². The van der Waals surface area contributed by atoms with E-state index in [1.807, 2.05) is 6.92 Å². The number of hydrogen-bond acceptors (Lipinski definition) is 5. The van der Waals surface area contributed by atoms with E-state index in [0.29, 0.717) is 24.8 Å². The molecule has 0 aromatic heterocycles. The summed E-state index contributed by atoms with van der Waals surface area (Å²) >= 11 is 0. The van der Waals surface area contributed by atoms with Crippen molar-refractivity contribution in [2.75, 3.05) is 0 Å². The Kier molecular flexibility index (Phi) is 5.04. The highest BCUT2D eigenvalue weighted by molar-refractivity contribution is 5.90. The van der Waals surface area contributed by atoms with Crippen molar-refractivity contribution in [2.24, 2.45) is 11.8 Å². The molecule has 3 fully saturated rings. The highest BCUT2D eigenvalue weighted by Crippen LogP contribution is 2.44. The van der Waals surface area contributed by atoms with Crippen LogP contribution in [-0.2, 0) is 14.3 Å². The standard InChI is InChI=1S/C20H32O5/c1-12-7-5-8-19(3,22)9-6-10-20(4,23)15-11-14-13(2)18(21)25-17(14)16(12)24-15/h12,14-17,22-23H,2,5-11H2,1,3-4H3/t12-,14+,15+,16+,17-,19?,20-/m1/s1. The van der Waals surface area contributed by atoms with E-state index in [9.17, 15) is 15.0 Å². The average Bonchev–Trinajstić information content (AvgIpc) is 2.80. The fraction of sp³-hybridized carbons (Fsp3) is 0.850. The molecule has 3 rings (SSSR count). The molecular formula is C20H32O5. The Labute approximate surface area is 150 Å². The molecular weight excluding hydrogens is 320 g/mol. The van der Waals surface area contributed by atoms with Gasteiger partial charge in [-0.1, -0.05) is 19.9 Å². The SMILES string of the molecule is C=C1C(=O)O[C@H]2[C@H]3O[C@@H](C[C@@H]12)[C@](C)(O)CCCC(C)(O)CCC[C@H]3C. The van der Waals surface area contributed by atoms with Crippen LogP contribution in [0.4, 0.5) is 0 Å². The summed E-state index contributed by atoms with van der Waals surface area (Å²) in [7, 11) is 0. The lowest BCUT2D eigenvalue weighted by atomic mass is 9.75. The number of esters is 1. The molecule has 3 heterocycles. The largest absolute Gasteiger partial charge is 0.456 e. The molecule has 7 atom stereocenters. The summed E-state index contributed by atoms with van der Waals surface area (Å²) in [5, 5.41) is 21.6. The Morgan fingerprint density at radius 3 is 2.52 bits per heavy atom. The molecule has 3 aliphatic heterocycles. The molecule has 0 aromatic carbocycles. The van der Waals surface area contributed by atoms with Crippen molar-refractivity contribution in [3.05, 3.63) is 12.2 Å². The van der Waals surface area contributed by atoms with Gasteiger partial charge in [0.1, 0.15) is 6.10 Å². The third-order valence-electron chi connectivity index (χ3n) is 6.49. The molecule has 25 heavy (non-hydrogen) atoms. The van der Waals surface area contributed by atoms with Gasteiger partial charge in [-0.15, -0.1) is 0 Å². The summed E-state index contributed by atoms with van der Waals surface area (Å²) in [6, 6.07) is 0. The van der Waals surface area contributed by atoms with E-state index in [2.05, 4.69) is 13.5 Å². The van der Waals surface area contributed by atoms with Gasteiger partial charge in [0.25, 0.3) is 0 Å². The van der Waals surface area contributed by atoms with Gasteiger partial charge in [-0.3, -0.25) is 0 Å². The number of rotatable bonds is 0. The monoisotopic (exact) mass is 352 g/mol. The van der Waals surface area contributed by atoms with Crippen LogP contribution in [0.25, 0.3) is 0 Å². The van der Waals surface area contributed by atoms with Crippen LogP contribution in [0.3, 0.4) is 0 Å².